The Kier molecular flexibility index (Phi) is 5.74. The molecule has 1 heterocycles. The molecule has 0 saturated heterocycles. The molecule has 1 aromatic heterocycles. The molecule has 1 aromatic carbocycles. The van der Waals surface area contributed by atoms with E-state index >= 15 is 0 Å². The third-order valence-corrected chi connectivity index (χ3v) is 3.48. The number of aromatic nitrogens is 2. The van der Waals surface area contributed by atoms with Crippen molar-refractivity contribution in [2.24, 2.45) is 0 Å². The average Bonchev–Trinajstić information content (AvgIpc) is 2.52. The first-order chi connectivity index (χ1) is 11.3. The number of aliphatic hydroxyl groups excluding tert-OH is 1. The maximum absolute atomic E-state index is 13.2. The number of ether oxygens (including phenoxy) is 1. The Balaban J connectivity index is 2.45. The first-order valence-corrected chi connectivity index (χ1v) is 7.36. The van der Waals surface area contributed by atoms with Crippen LogP contribution < -0.4 is 10.1 Å². The number of anilines is 1. The molecule has 1 atom stereocenters. The second-order valence-corrected chi connectivity index (χ2v) is 5.39. The van der Waals surface area contributed by atoms with E-state index in [2.05, 4.69) is 15.3 Å². The highest BCUT2D eigenvalue weighted by Gasteiger charge is 2.36. The third-order valence-electron chi connectivity index (χ3n) is 3.06. The Morgan fingerprint density at radius 3 is 2.62 bits per heavy atom. The summed E-state index contributed by atoms with van der Waals surface area (Å²) in [5.74, 6) is 0.207. The second-order valence-electron chi connectivity index (χ2n) is 4.62. The van der Waals surface area contributed by atoms with E-state index < -0.39 is 24.5 Å². The SMILES string of the molecule is CNc1nc(Cl)ncc1OC(CO)c1cc(Cl)ccc1C(F)(F)F. The Bertz CT molecular complexity index is 729. The Hall–Kier alpha value is -1.77. The molecule has 0 aliphatic heterocycles. The zero-order valence-electron chi connectivity index (χ0n) is 12.2. The molecule has 10 heteroatoms. The van der Waals surface area contributed by atoms with Gasteiger partial charge in [-0.1, -0.05) is 11.6 Å². The number of nitrogens with one attached hydrogen (secondary N) is 1. The monoisotopic (exact) mass is 381 g/mol. The zero-order chi connectivity index (χ0) is 17.9. The van der Waals surface area contributed by atoms with Gasteiger partial charge in [0.2, 0.25) is 5.28 Å². The number of alkyl halides is 3. The highest BCUT2D eigenvalue weighted by molar-refractivity contribution is 6.30. The van der Waals surface area contributed by atoms with Gasteiger partial charge < -0.3 is 15.2 Å². The molecule has 0 radical (unpaired) electrons. The molecule has 2 rings (SSSR count). The molecule has 24 heavy (non-hydrogen) atoms. The van der Waals surface area contributed by atoms with E-state index in [0.29, 0.717) is 0 Å². The molecule has 0 amide bonds. The lowest BCUT2D eigenvalue weighted by Crippen LogP contribution is -2.19. The van der Waals surface area contributed by atoms with Gasteiger partial charge in [-0.15, -0.1) is 0 Å². The number of aliphatic hydroxyl groups is 1. The maximum atomic E-state index is 13.2. The lowest BCUT2D eigenvalue weighted by Gasteiger charge is -2.22. The quantitative estimate of drug-likeness (QED) is 0.767. The van der Waals surface area contributed by atoms with E-state index in [1.165, 1.54) is 13.2 Å². The number of benzene rings is 1. The molecule has 1 unspecified atom stereocenters. The van der Waals surface area contributed by atoms with E-state index in [0.717, 1.165) is 18.2 Å². The Labute approximate surface area is 145 Å². The van der Waals surface area contributed by atoms with Crippen molar-refractivity contribution in [1.82, 2.24) is 9.97 Å². The van der Waals surface area contributed by atoms with Crippen LogP contribution in [0.3, 0.4) is 0 Å². The van der Waals surface area contributed by atoms with E-state index in [-0.39, 0.29) is 27.4 Å². The van der Waals surface area contributed by atoms with Crippen molar-refractivity contribution in [3.63, 3.8) is 0 Å². The molecule has 0 bridgehead atoms. The van der Waals surface area contributed by atoms with E-state index in [9.17, 15) is 18.3 Å². The van der Waals surface area contributed by atoms with Crippen LogP contribution >= 0.6 is 23.2 Å². The highest BCUT2D eigenvalue weighted by atomic mass is 35.5. The average molecular weight is 382 g/mol. The van der Waals surface area contributed by atoms with Gasteiger partial charge in [-0.25, -0.2) is 4.98 Å². The summed E-state index contributed by atoms with van der Waals surface area (Å²) in [4.78, 5) is 7.57. The number of rotatable bonds is 5. The van der Waals surface area contributed by atoms with Crippen LogP contribution in [0.2, 0.25) is 10.3 Å². The van der Waals surface area contributed by atoms with Gasteiger partial charge in [-0.05, 0) is 29.8 Å². The van der Waals surface area contributed by atoms with Gasteiger partial charge in [0.15, 0.2) is 11.6 Å². The summed E-state index contributed by atoms with van der Waals surface area (Å²) in [6.45, 7) is -0.713. The Morgan fingerprint density at radius 2 is 2.04 bits per heavy atom. The van der Waals surface area contributed by atoms with Crippen molar-refractivity contribution in [2.75, 3.05) is 19.0 Å². The summed E-state index contributed by atoms with van der Waals surface area (Å²) < 4.78 is 45.0. The molecule has 0 aliphatic rings. The van der Waals surface area contributed by atoms with Crippen LogP contribution in [0, 0.1) is 0 Å². The van der Waals surface area contributed by atoms with E-state index in [1.807, 2.05) is 0 Å². The van der Waals surface area contributed by atoms with Crippen LogP contribution in [0.15, 0.2) is 24.4 Å². The normalized spacial score (nSPS) is 12.8. The van der Waals surface area contributed by atoms with Crippen LogP contribution in [0.25, 0.3) is 0 Å². The number of halogens is 5. The lowest BCUT2D eigenvalue weighted by atomic mass is 10.0. The molecule has 130 valence electrons. The van der Waals surface area contributed by atoms with Crippen LogP contribution in [-0.4, -0.2) is 28.7 Å². The van der Waals surface area contributed by atoms with E-state index in [1.54, 1.807) is 0 Å². The minimum absolute atomic E-state index is 0.0362. The molecular formula is C14H12Cl2F3N3O2. The number of nitrogens with zero attached hydrogens (tertiary/aromatic N) is 2. The summed E-state index contributed by atoms with van der Waals surface area (Å²) in [6.07, 6.45) is -4.75. The van der Waals surface area contributed by atoms with Crippen LogP contribution in [0.5, 0.6) is 5.75 Å². The lowest BCUT2D eigenvalue weighted by molar-refractivity contribution is -0.139. The van der Waals surface area contributed by atoms with Gasteiger partial charge in [-0.3, -0.25) is 0 Å². The molecule has 0 saturated carbocycles. The van der Waals surface area contributed by atoms with Crippen molar-refractivity contribution in [3.8, 4) is 5.75 Å². The molecule has 2 N–H and O–H groups in total. The van der Waals surface area contributed by atoms with Gasteiger partial charge >= 0.3 is 6.18 Å². The molecule has 5 nitrogen and oxygen atoms in total. The first-order valence-electron chi connectivity index (χ1n) is 6.60. The van der Waals surface area contributed by atoms with E-state index in [4.69, 9.17) is 27.9 Å². The third kappa shape index (κ3) is 4.19. The fourth-order valence-corrected chi connectivity index (χ4v) is 2.34. The number of hydrogen-bond acceptors (Lipinski definition) is 5. The van der Waals surface area contributed by atoms with Gasteiger partial charge in [0.25, 0.3) is 0 Å². The zero-order valence-corrected chi connectivity index (χ0v) is 13.7. The minimum Gasteiger partial charge on any atom is -0.478 e. The van der Waals surface area contributed by atoms with Crippen molar-refractivity contribution in [1.29, 1.82) is 0 Å². The van der Waals surface area contributed by atoms with Crippen molar-refractivity contribution >= 4 is 29.0 Å². The number of hydrogen-bond donors (Lipinski definition) is 2. The highest BCUT2D eigenvalue weighted by Crippen LogP contribution is 2.38. The van der Waals surface area contributed by atoms with Crippen molar-refractivity contribution < 1.29 is 23.0 Å². The molecule has 2 aromatic rings. The molecule has 0 spiro atoms. The van der Waals surface area contributed by atoms with Crippen molar-refractivity contribution in [3.05, 3.63) is 45.8 Å². The fraction of sp³-hybridized carbons (Fsp3) is 0.286. The summed E-state index contributed by atoms with van der Waals surface area (Å²) in [5.41, 5.74) is -1.25. The smallest absolute Gasteiger partial charge is 0.416 e. The second kappa shape index (κ2) is 7.42. The summed E-state index contributed by atoms with van der Waals surface area (Å²) in [5, 5.41) is 12.2. The predicted octanol–water partition coefficient (Wildman–Crippen LogP) is 3.96. The van der Waals surface area contributed by atoms with Gasteiger partial charge in [0.05, 0.1) is 18.4 Å². The molecular weight excluding hydrogens is 370 g/mol. The fourth-order valence-electron chi connectivity index (χ4n) is 2.03. The van der Waals surface area contributed by atoms with Crippen molar-refractivity contribution in [2.45, 2.75) is 12.3 Å². The standard InChI is InChI=1S/C14H12Cl2F3N3O2/c1-20-12-10(5-21-13(16)22-12)24-11(6-23)8-4-7(15)2-3-9(8)14(17,18)19/h2-5,11,23H,6H2,1H3,(H,20,21,22). The van der Waals surface area contributed by atoms with Gasteiger partial charge in [-0.2, -0.15) is 18.2 Å². The van der Waals surface area contributed by atoms with Gasteiger partial charge in [0.1, 0.15) is 6.10 Å². The van der Waals surface area contributed by atoms with Crippen LogP contribution in [0.4, 0.5) is 19.0 Å². The first kappa shape index (κ1) is 18.6. The maximum Gasteiger partial charge on any atom is 0.416 e. The van der Waals surface area contributed by atoms with Crippen LogP contribution in [-0.2, 0) is 6.18 Å². The largest absolute Gasteiger partial charge is 0.478 e. The van der Waals surface area contributed by atoms with Crippen LogP contribution in [0.1, 0.15) is 17.2 Å². The topological polar surface area (TPSA) is 67.3 Å². The minimum atomic E-state index is -4.63. The summed E-state index contributed by atoms with van der Waals surface area (Å²) in [7, 11) is 1.53. The van der Waals surface area contributed by atoms with Gasteiger partial charge in [0, 0.05) is 17.6 Å². The molecule has 0 aliphatic carbocycles. The Morgan fingerprint density at radius 1 is 1.33 bits per heavy atom. The summed E-state index contributed by atoms with van der Waals surface area (Å²) in [6, 6.07) is 3.05. The molecule has 0 fully saturated rings. The predicted molar refractivity (Wildman–Crippen MR) is 83.5 cm³/mol. The summed E-state index contributed by atoms with van der Waals surface area (Å²) >= 11 is 11.4.